The summed E-state index contributed by atoms with van der Waals surface area (Å²) in [6, 6.07) is 0. The van der Waals surface area contributed by atoms with Crippen molar-refractivity contribution in [3.8, 4) is 0 Å². The van der Waals surface area contributed by atoms with Gasteiger partial charge in [-0.05, 0) is 0 Å². The van der Waals surface area contributed by atoms with E-state index < -0.39 is 23.0 Å². The maximum Gasteiger partial charge on any atom is 0.300 e. The predicted octanol–water partition coefficient (Wildman–Crippen LogP) is 0.0311. The first-order chi connectivity index (χ1) is 6.93. The minimum absolute atomic E-state index is 0. The van der Waals surface area contributed by atoms with E-state index in [-0.39, 0.29) is 32.7 Å². The average molecular weight is 331 g/mol. The van der Waals surface area contributed by atoms with Crippen LogP contribution in [0.3, 0.4) is 0 Å². The number of carboxylic acid groups (broad SMARTS) is 3. The van der Waals surface area contributed by atoms with Crippen molar-refractivity contribution in [1.82, 2.24) is 0 Å². The van der Waals surface area contributed by atoms with E-state index in [1.165, 1.54) is 0 Å². The number of hydrogen-bond acceptors (Lipinski definition) is 6. The van der Waals surface area contributed by atoms with E-state index in [1.54, 1.807) is 0 Å². The van der Waals surface area contributed by atoms with Crippen LogP contribution in [-0.4, -0.2) is 38.3 Å². The predicted molar refractivity (Wildman–Crippen MR) is 50.3 cm³/mol. The summed E-state index contributed by atoms with van der Waals surface area (Å²) in [5.41, 5.74) is 0. The summed E-state index contributed by atoms with van der Waals surface area (Å²) in [6.07, 6.45) is 0. The maximum atomic E-state index is 9.00. The molecule has 17 heavy (non-hydrogen) atoms. The number of rotatable bonds is 0. The van der Waals surface area contributed by atoms with Gasteiger partial charge in [0.1, 0.15) is 0 Å². The molecule has 0 unspecified atom stereocenters. The SMILES string of the molecule is CC(=O)O.CC(=O)O.CC(=O)O.O=[N+]([O-])[O-].[Y]. The van der Waals surface area contributed by atoms with Crippen molar-refractivity contribution >= 4 is 17.9 Å². The van der Waals surface area contributed by atoms with Crippen molar-refractivity contribution in [1.29, 1.82) is 0 Å². The molecular weight excluding hydrogens is 319 g/mol. The Labute approximate surface area is 121 Å². The average Bonchev–Trinajstić information content (AvgIpc) is 1.76. The molecule has 0 bridgehead atoms. The van der Waals surface area contributed by atoms with Gasteiger partial charge in [0.15, 0.2) is 0 Å². The zero-order valence-corrected chi connectivity index (χ0v) is 12.2. The topological polar surface area (TPSA) is 178 Å². The minimum atomic E-state index is -1.75. The van der Waals surface area contributed by atoms with Gasteiger partial charge in [0, 0.05) is 53.5 Å². The molecule has 0 aromatic carbocycles. The van der Waals surface area contributed by atoms with E-state index in [0.717, 1.165) is 20.8 Å². The second-order valence-corrected chi connectivity index (χ2v) is 1.78. The molecule has 0 aliphatic rings. The number of nitrogens with zero attached hydrogens (tertiary/aromatic N) is 1. The fourth-order valence-corrected chi connectivity index (χ4v) is 0. The van der Waals surface area contributed by atoms with Crippen LogP contribution in [-0.2, 0) is 47.1 Å². The Bertz CT molecular complexity index is 166. The van der Waals surface area contributed by atoms with Gasteiger partial charge in [-0.3, -0.25) is 14.4 Å². The van der Waals surface area contributed by atoms with Gasteiger partial charge in [-0.2, -0.15) is 0 Å². The smallest absolute Gasteiger partial charge is 0.300 e. The molecule has 0 aromatic heterocycles. The summed E-state index contributed by atoms with van der Waals surface area (Å²) in [6.45, 7) is 3.25. The van der Waals surface area contributed by atoms with Gasteiger partial charge in [0.2, 0.25) is 0 Å². The summed E-state index contributed by atoms with van der Waals surface area (Å²) in [5.74, 6) is -2.50. The third-order valence-corrected chi connectivity index (χ3v) is 0. The molecule has 0 aromatic rings. The molecule has 0 amide bonds. The van der Waals surface area contributed by atoms with E-state index >= 15 is 0 Å². The number of hydrogen-bond donors (Lipinski definition) is 3. The Morgan fingerprint density at radius 1 is 0.824 bits per heavy atom. The Hall–Kier alpha value is -1.29. The van der Waals surface area contributed by atoms with Crippen molar-refractivity contribution in [2.24, 2.45) is 0 Å². The molecule has 0 heterocycles. The van der Waals surface area contributed by atoms with E-state index in [0.29, 0.717) is 0 Å². The van der Waals surface area contributed by atoms with Crippen molar-refractivity contribution in [2.75, 3.05) is 0 Å². The zero-order valence-electron chi connectivity index (χ0n) is 9.32. The molecule has 10 nitrogen and oxygen atoms in total. The second-order valence-electron chi connectivity index (χ2n) is 1.78. The van der Waals surface area contributed by atoms with Gasteiger partial charge in [-0.25, -0.2) is 0 Å². The van der Waals surface area contributed by atoms with E-state index in [2.05, 4.69) is 0 Å². The first kappa shape index (κ1) is 29.6. The molecule has 0 saturated heterocycles. The van der Waals surface area contributed by atoms with E-state index in [1.807, 2.05) is 0 Å². The molecule has 0 atom stereocenters. The first-order valence-electron chi connectivity index (χ1n) is 3.33. The van der Waals surface area contributed by atoms with Crippen LogP contribution < -0.4 is 0 Å². The van der Waals surface area contributed by atoms with Crippen molar-refractivity contribution < 1.29 is 67.5 Å². The van der Waals surface area contributed by atoms with E-state index in [4.69, 9.17) is 45.0 Å². The maximum absolute atomic E-state index is 9.00. The summed E-state index contributed by atoms with van der Waals surface area (Å²) in [7, 11) is 0. The summed E-state index contributed by atoms with van der Waals surface area (Å²) in [4.78, 5) is 35.2. The molecule has 0 aliphatic carbocycles. The third kappa shape index (κ3) is 1440. The molecule has 1 radical (unpaired) electrons. The van der Waals surface area contributed by atoms with Crippen LogP contribution in [0.4, 0.5) is 0 Å². The van der Waals surface area contributed by atoms with Crippen LogP contribution in [0.1, 0.15) is 20.8 Å². The van der Waals surface area contributed by atoms with Crippen molar-refractivity contribution in [3.63, 3.8) is 0 Å². The fraction of sp³-hybridized carbons (Fsp3) is 0.500. The molecule has 99 valence electrons. The Morgan fingerprint density at radius 3 is 0.824 bits per heavy atom. The Balaban J connectivity index is -0.0000000369. The van der Waals surface area contributed by atoms with Crippen LogP contribution in [0.25, 0.3) is 0 Å². The standard InChI is InChI=1S/3C2H4O2.NO3.Y/c3*1-2(3)4;2-1(3)4;/h3*1H3,(H,3,4);;/q;;;-1;. The minimum Gasteiger partial charge on any atom is -0.481 e. The number of aliphatic carboxylic acids is 3. The van der Waals surface area contributed by atoms with Gasteiger partial charge in [0.05, 0.1) is 5.09 Å². The fourth-order valence-electron chi connectivity index (χ4n) is 0. The molecule has 3 N–H and O–H groups in total. The molecule has 0 fully saturated rings. The summed E-state index contributed by atoms with van der Waals surface area (Å²) in [5, 5.41) is 37.0. The van der Waals surface area contributed by atoms with Crippen molar-refractivity contribution in [2.45, 2.75) is 20.8 Å². The molecule has 11 heteroatoms. The molecule has 0 aliphatic heterocycles. The Kier molecular flexibility index (Phi) is 42.0. The van der Waals surface area contributed by atoms with Crippen LogP contribution in [0.5, 0.6) is 0 Å². The van der Waals surface area contributed by atoms with Gasteiger partial charge in [-0.15, -0.1) is 0 Å². The zero-order chi connectivity index (χ0) is 14.3. The molecule has 0 saturated carbocycles. The van der Waals surface area contributed by atoms with Gasteiger partial charge in [-0.1, -0.05) is 0 Å². The van der Waals surface area contributed by atoms with Crippen LogP contribution >= 0.6 is 0 Å². The normalized spacial score (nSPS) is 5.82. The largest absolute Gasteiger partial charge is 0.481 e. The van der Waals surface area contributed by atoms with Crippen molar-refractivity contribution in [3.05, 3.63) is 15.3 Å². The molecule has 0 rings (SSSR count). The number of carboxylic acids is 3. The van der Waals surface area contributed by atoms with Gasteiger partial charge >= 0.3 is 0 Å². The first-order valence-corrected chi connectivity index (χ1v) is 3.33. The summed E-state index contributed by atoms with van der Waals surface area (Å²) < 4.78 is 0. The second kappa shape index (κ2) is 24.1. The van der Waals surface area contributed by atoms with Crippen LogP contribution in [0.15, 0.2) is 0 Å². The monoisotopic (exact) mass is 331 g/mol. The van der Waals surface area contributed by atoms with Crippen LogP contribution in [0, 0.1) is 15.3 Å². The van der Waals surface area contributed by atoms with Gasteiger partial charge < -0.3 is 30.6 Å². The number of carbonyl (C=O) groups is 3. The summed E-state index contributed by atoms with van der Waals surface area (Å²) >= 11 is 0. The van der Waals surface area contributed by atoms with E-state index in [9.17, 15) is 0 Å². The quantitative estimate of drug-likeness (QED) is 0.408. The van der Waals surface area contributed by atoms with Crippen LogP contribution in [0.2, 0.25) is 0 Å². The van der Waals surface area contributed by atoms with Gasteiger partial charge in [0.25, 0.3) is 17.9 Å². The third-order valence-electron chi connectivity index (χ3n) is 0. The molecule has 0 spiro atoms. The Morgan fingerprint density at radius 2 is 0.824 bits per heavy atom. The molecular formula is C6H12NO9Y-.